The van der Waals surface area contributed by atoms with Gasteiger partial charge in [0.05, 0.1) is 0 Å². The molecule has 0 spiro atoms. The number of rotatable bonds is 2. The van der Waals surface area contributed by atoms with Gasteiger partial charge < -0.3 is 52.2 Å². The van der Waals surface area contributed by atoms with Gasteiger partial charge in [0.1, 0.15) is 0 Å². The molecule has 0 aromatic rings. The predicted octanol–water partition coefficient (Wildman–Crippen LogP) is 4.08. The first kappa shape index (κ1) is 37.0. The van der Waals surface area contributed by atoms with E-state index in [2.05, 4.69) is 9.82 Å². The van der Waals surface area contributed by atoms with Crippen molar-refractivity contribution < 1.29 is 39.1 Å². The van der Waals surface area contributed by atoms with Crippen LogP contribution in [0.5, 0.6) is 0 Å². The zero-order chi connectivity index (χ0) is 15.6. The third kappa shape index (κ3) is 30.2. The molecule has 0 heterocycles. The summed E-state index contributed by atoms with van der Waals surface area (Å²) in [6, 6.07) is 0. The summed E-state index contributed by atoms with van der Waals surface area (Å²) in [5, 5.41) is 0. The molecule has 0 aromatic heterocycles. The van der Waals surface area contributed by atoms with Crippen molar-refractivity contribution >= 4 is 85.6 Å². The molecule has 0 aromatic carbocycles. The Morgan fingerprint density at radius 3 is 0.870 bits per heavy atom. The average Bonchev–Trinajstić information content (AvgIpc) is 3.25. The van der Waals surface area contributed by atoms with Crippen molar-refractivity contribution in [3.63, 3.8) is 0 Å². The molecule has 9 heteroatoms. The number of hydrogen-bond acceptors (Lipinski definition) is 7. The second-order valence-corrected chi connectivity index (χ2v) is 5.87. The van der Waals surface area contributed by atoms with Crippen molar-refractivity contribution in [2.24, 2.45) is 0 Å². The van der Waals surface area contributed by atoms with Gasteiger partial charge in [-0.1, -0.05) is 0 Å². The van der Waals surface area contributed by atoms with Crippen LogP contribution in [0, 0.1) is 64.2 Å². The van der Waals surface area contributed by atoms with Crippen LogP contribution >= 0.6 is 33.3 Å². The molecule has 2 saturated carbocycles. The molecule has 2 rings (SSSR count). The Morgan fingerprint density at radius 1 is 0.652 bits per heavy atom. The summed E-state index contributed by atoms with van der Waals surface area (Å²) >= 11 is 14.3. The van der Waals surface area contributed by atoms with E-state index in [0.717, 1.165) is 8.47 Å². The molecule has 0 nitrogen and oxygen atoms in total. The van der Waals surface area contributed by atoms with Crippen molar-refractivity contribution in [1.29, 1.82) is 0 Å². The van der Waals surface area contributed by atoms with Gasteiger partial charge in [-0.05, 0) is 76.7 Å². The van der Waals surface area contributed by atoms with Crippen LogP contribution < -0.4 is 0 Å². The summed E-state index contributed by atoms with van der Waals surface area (Å²) in [6.07, 6.45) is 23.9. The van der Waals surface area contributed by atoms with Crippen LogP contribution in [0.25, 0.3) is 0 Å². The first-order valence-electron chi connectivity index (χ1n) is 5.38. The van der Waals surface area contributed by atoms with E-state index in [1.807, 2.05) is 76.7 Å². The molecule has 2 fully saturated rings. The van der Waals surface area contributed by atoms with E-state index in [-0.39, 0.29) is 48.1 Å². The van der Waals surface area contributed by atoms with Crippen molar-refractivity contribution in [3.8, 4) is 0 Å². The van der Waals surface area contributed by atoms with Gasteiger partial charge in [0.15, 0.2) is 0 Å². The van der Waals surface area contributed by atoms with Gasteiger partial charge in [0.25, 0.3) is 0 Å². The van der Waals surface area contributed by atoms with E-state index in [0.29, 0.717) is 0 Å². The van der Waals surface area contributed by atoms with Crippen LogP contribution in [-0.2, 0) is 91.3 Å². The van der Waals surface area contributed by atoms with Crippen LogP contribution in [0.1, 0.15) is 0 Å². The van der Waals surface area contributed by atoms with Crippen LogP contribution in [0.4, 0.5) is 0 Å². The summed E-state index contributed by atoms with van der Waals surface area (Å²) in [6.45, 7) is 0. The molecular formula is C14H18Mo2S7-4. The Kier molecular flexibility index (Phi) is 52.8. The minimum absolute atomic E-state index is 0. The Hall–Kier alpha value is 3.18. The first-order valence-corrected chi connectivity index (χ1v) is 11.4. The number of thioether (sulfide) groups is 2. The summed E-state index contributed by atoms with van der Waals surface area (Å²) in [7, 11) is 4.09. The van der Waals surface area contributed by atoms with E-state index >= 15 is 0 Å². The quantitative estimate of drug-likeness (QED) is 0.262. The summed E-state index contributed by atoms with van der Waals surface area (Å²) in [5.74, 6) is 0. The maximum absolute atomic E-state index is 4.88. The second kappa shape index (κ2) is 32.8. The fraction of sp³-hybridized carbons (Fsp3) is 0.143. The molecule has 2 aliphatic rings. The van der Waals surface area contributed by atoms with Crippen molar-refractivity contribution in [3.05, 3.63) is 72.7 Å². The molecular weight excluding hydrogens is 585 g/mol. The molecule has 23 heavy (non-hydrogen) atoms. The molecule has 0 amide bonds. The molecule has 0 saturated heterocycles. The van der Waals surface area contributed by atoms with Gasteiger partial charge in [-0.25, -0.2) is 0 Å². The minimum atomic E-state index is 0. The van der Waals surface area contributed by atoms with E-state index in [9.17, 15) is 0 Å². The van der Waals surface area contributed by atoms with Gasteiger partial charge in [0, 0.05) is 21.1 Å². The molecule has 0 N–H and O–H groups in total. The Bertz CT molecular complexity index is 196. The fourth-order valence-corrected chi connectivity index (χ4v) is 2.14. The summed E-state index contributed by atoms with van der Waals surface area (Å²) in [4.78, 5) is 0. The SMILES string of the molecule is CS/C([S-])=C(/[S-])SC.[CH]1[CH][CH][CH][CH]1.[CH]1[CH][CH][CH][CH]1.[Mo].[SH-].[SH-].[S]=[Mo]. The molecule has 0 bridgehead atoms. The fourth-order valence-electron chi connectivity index (χ4n) is 0.808. The molecule has 2 aliphatic carbocycles. The van der Waals surface area contributed by atoms with Crippen LogP contribution in [0.15, 0.2) is 8.47 Å². The Labute approximate surface area is 207 Å². The monoisotopic (exact) mass is 606 g/mol. The summed E-state index contributed by atoms with van der Waals surface area (Å²) in [5.41, 5.74) is 0. The van der Waals surface area contributed by atoms with E-state index in [4.69, 9.17) is 25.3 Å². The van der Waals surface area contributed by atoms with Gasteiger partial charge in [-0.3, -0.25) is 0 Å². The van der Waals surface area contributed by atoms with Gasteiger partial charge in [0.2, 0.25) is 0 Å². The maximum atomic E-state index is 4.88. The molecule has 0 aliphatic heterocycles. The normalized spacial score (nSPS) is 15.2. The Balaban J connectivity index is -0.0000000642. The second-order valence-electron chi connectivity index (χ2n) is 2.91. The zero-order valence-electron chi connectivity index (χ0n) is 12.5. The van der Waals surface area contributed by atoms with E-state index < -0.39 is 0 Å². The first-order chi connectivity index (χ1) is 9.72. The number of thiol groups is 2. The van der Waals surface area contributed by atoms with Crippen molar-refractivity contribution in [2.75, 3.05) is 12.5 Å². The van der Waals surface area contributed by atoms with Gasteiger partial charge >= 0.3 is 27.8 Å². The third-order valence-electron chi connectivity index (χ3n) is 1.65. The average molecular weight is 603 g/mol. The summed E-state index contributed by atoms with van der Waals surface area (Å²) < 4.78 is 1.65. The Morgan fingerprint density at radius 2 is 0.783 bits per heavy atom. The van der Waals surface area contributed by atoms with Gasteiger partial charge in [-0.15, -0.1) is 0 Å². The van der Waals surface area contributed by atoms with E-state index in [1.165, 1.54) is 41.5 Å². The van der Waals surface area contributed by atoms with E-state index in [1.54, 1.807) is 0 Å². The van der Waals surface area contributed by atoms with Gasteiger partial charge in [-0.2, -0.15) is 32.0 Å². The molecule has 0 unspecified atom stereocenters. The molecule has 132 valence electrons. The zero-order valence-corrected chi connectivity index (χ0v) is 22.4. The molecule has 10 radical (unpaired) electrons. The third-order valence-corrected chi connectivity index (χ3v) is 4.72. The van der Waals surface area contributed by atoms with Crippen molar-refractivity contribution in [2.45, 2.75) is 0 Å². The topological polar surface area (TPSA) is 0 Å². The van der Waals surface area contributed by atoms with Crippen molar-refractivity contribution in [1.82, 2.24) is 0 Å². The predicted molar refractivity (Wildman–Crippen MR) is 117 cm³/mol. The van der Waals surface area contributed by atoms with Crippen LogP contribution in [0.2, 0.25) is 0 Å². The standard InChI is InChI=1S/2C5H5.C4H8S4.2Mo.2H2S.S/c2*1-2-4-5-3-1;1-7-3(5)4(6)8-2;;;;;/h2*1-5H;5-6H,1-2H3;;;2*1H2;/p-4/b;;4-3-;;;;;. The van der Waals surface area contributed by atoms with Crippen LogP contribution in [-0.4, -0.2) is 12.5 Å². The van der Waals surface area contributed by atoms with Crippen LogP contribution in [0.3, 0.4) is 0 Å². The molecule has 0 atom stereocenters. The number of hydrogen-bond donors (Lipinski definition) is 0.